The number of rotatable bonds is 6. The van der Waals surface area contributed by atoms with E-state index in [1.807, 2.05) is 29.6 Å². The van der Waals surface area contributed by atoms with Crippen LogP contribution in [0.25, 0.3) is 10.9 Å². The molecule has 1 N–H and O–H groups in total. The van der Waals surface area contributed by atoms with Crippen molar-refractivity contribution in [2.45, 2.75) is 44.2 Å². The highest BCUT2D eigenvalue weighted by atomic mass is 32.2. The van der Waals surface area contributed by atoms with E-state index in [2.05, 4.69) is 25.8 Å². The quantitative estimate of drug-likeness (QED) is 0.394. The first-order chi connectivity index (χ1) is 16.6. The van der Waals surface area contributed by atoms with Gasteiger partial charge in [-0.3, -0.25) is 4.79 Å². The molecule has 35 heavy (non-hydrogen) atoms. The molecule has 7 nitrogen and oxygen atoms in total. The molecule has 0 unspecified atom stereocenters. The molecule has 0 atom stereocenters. The molecule has 1 aliphatic rings. The molecule has 0 saturated carbocycles. The zero-order valence-electron chi connectivity index (χ0n) is 19.7. The molecule has 182 valence electrons. The van der Waals surface area contributed by atoms with Crippen LogP contribution in [0.15, 0.2) is 69.7 Å². The van der Waals surface area contributed by atoms with Gasteiger partial charge in [0.2, 0.25) is 16.8 Å². The fraction of sp³-hybridized carbons (Fsp3) is 0.269. The van der Waals surface area contributed by atoms with Crippen molar-refractivity contribution >= 4 is 32.3 Å². The number of fused-ring (bicyclic) bond motifs is 2. The van der Waals surface area contributed by atoms with Crippen LogP contribution < -0.4 is 15.0 Å². The summed E-state index contributed by atoms with van der Waals surface area (Å²) >= 11 is 1.48. The van der Waals surface area contributed by atoms with Crippen molar-refractivity contribution in [1.82, 2.24) is 9.29 Å². The molecule has 0 aliphatic carbocycles. The summed E-state index contributed by atoms with van der Waals surface area (Å²) in [5.74, 6) is 1.17. The van der Waals surface area contributed by atoms with Crippen LogP contribution in [0, 0.1) is 0 Å². The Kier molecular flexibility index (Phi) is 5.94. The summed E-state index contributed by atoms with van der Waals surface area (Å²) in [4.78, 5) is 16.9. The first-order valence-corrected chi connectivity index (χ1v) is 13.5. The van der Waals surface area contributed by atoms with Crippen LogP contribution >= 0.6 is 11.3 Å². The number of hydrogen-bond donors (Lipinski definition) is 1. The van der Waals surface area contributed by atoms with Crippen molar-refractivity contribution in [3.05, 3.63) is 86.3 Å². The molecule has 4 aromatic rings. The summed E-state index contributed by atoms with van der Waals surface area (Å²) in [6.45, 7) is 6.47. The lowest BCUT2D eigenvalue weighted by Gasteiger charge is -2.23. The lowest BCUT2D eigenvalue weighted by Crippen LogP contribution is -2.32. The largest absolute Gasteiger partial charge is 0.454 e. The van der Waals surface area contributed by atoms with Gasteiger partial charge in [-0.25, -0.2) is 8.42 Å². The van der Waals surface area contributed by atoms with E-state index in [1.165, 1.54) is 15.6 Å². The van der Waals surface area contributed by atoms with Gasteiger partial charge in [0, 0.05) is 35.0 Å². The van der Waals surface area contributed by atoms with E-state index in [-0.39, 0.29) is 35.8 Å². The number of aromatic amines is 1. The first kappa shape index (κ1) is 23.6. The van der Waals surface area contributed by atoms with Gasteiger partial charge in [0.25, 0.3) is 5.56 Å². The second kappa shape index (κ2) is 8.82. The van der Waals surface area contributed by atoms with Gasteiger partial charge >= 0.3 is 0 Å². The minimum atomic E-state index is -3.87. The van der Waals surface area contributed by atoms with Crippen LogP contribution in [0.4, 0.5) is 0 Å². The fourth-order valence-electron chi connectivity index (χ4n) is 4.03. The van der Waals surface area contributed by atoms with Crippen LogP contribution in [0.1, 0.15) is 36.8 Å². The predicted octanol–water partition coefficient (Wildman–Crippen LogP) is 5.01. The van der Waals surface area contributed by atoms with Gasteiger partial charge in [0.15, 0.2) is 11.5 Å². The Morgan fingerprint density at radius 3 is 2.37 bits per heavy atom. The van der Waals surface area contributed by atoms with E-state index in [0.29, 0.717) is 22.6 Å². The number of nitrogens with one attached hydrogen (secondary N) is 1. The number of nitrogens with zero attached hydrogens (tertiary/aromatic N) is 1. The molecule has 0 saturated heterocycles. The van der Waals surface area contributed by atoms with E-state index >= 15 is 0 Å². The highest BCUT2D eigenvalue weighted by Gasteiger charge is 2.27. The summed E-state index contributed by atoms with van der Waals surface area (Å²) in [6.07, 6.45) is 0. The Morgan fingerprint density at radius 2 is 1.71 bits per heavy atom. The van der Waals surface area contributed by atoms with Crippen LogP contribution in [0.5, 0.6) is 11.5 Å². The Labute approximate surface area is 208 Å². The van der Waals surface area contributed by atoms with Crippen LogP contribution in [0.3, 0.4) is 0 Å². The average molecular weight is 511 g/mol. The standard InChI is InChI=1S/C26H26N2O5S2/c1-26(2,3)19-6-8-21(9-7-19)35(30,31)28(15-20-5-4-10-34-20)14-18-11-17-12-23-24(33-16-32-23)13-22(17)27-25(18)29/h4-13H,14-16H2,1-3H3,(H,27,29). The maximum atomic E-state index is 13.7. The number of aromatic nitrogens is 1. The second-order valence-electron chi connectivity index (χ2n) is 9.54. The van der Waals surface area contributed by atoms with Gasteiger partial charge in [0.05, 0.1) is 10.4 Å². The topological polar surface area (TPSA) is 88.7 Å². The van der Waals surface area contributed by atoms with Crippen molar-refractivity contribution in [2.75, 3.05) is 6.79 Å². The second-order valence-corrected chi connectivity index (χ2v) is 12.5. The molecule has 0 radical (unpaired) electrons. The first-order valence-electron chi connectivity index (χ1n) is 11.2. The number of sulfonamides is 1. The molecule has 5 rings (SSSR count). The molecule has 3 heterocycles. The van der Waals surface area contributed by atoms with E-state index in [4.69, 9.17) is 9.47 Å². The third-order valence-corrected chi connectivity index (χ3v) is 8.70. The lowest BCUT2D eigenvalue weighted by molar-refractivity contribution is 0.174. The smallest absolute Gasteiger partial charge is 0.252 e. The normalized spacial score (nSPS) is 13.6. The summed E-state index contributed by atoms with van der Waals surface area (Å²) < 4.78 is 39.7. The SMILES string of the molecule is CC(C)(C)c1ccc(S(=O)(=O)N(Cc2cccs2)Cc2cc3cc4c(cc3[nH]c2=O)OCO4)cc1. The van der Waals surface area contributed by atoms with E-state index in [9.17, 15) is 13.2 Å². The number of hydrogen-bond acceptors (Lipinski definition) is 6. The number of H-pyrrole nitrogens is 1. The monoisotopic (exact) mass is 510 g/mol. The highest BCUT2D eigenvalue weighted by molar-refractivity contribution is 7.89. The fourth-order valence-corrected chi connectivity index (χ4v) is 6.22. The molecule has 0 fully saturated rings. The van der Waals surface area contributed by atoms with E-state index < -0.39 is 10.0 Å². The van der Waals surface area contributed by atoms with Crippen molar-refractivity contribution in [3.8, 4) is 11.5 Å². The molecular weight excluding hydrogens is 484 g/mol. The third-order valence-electron chi connectivity index (χ3n) is 6.03. The summed E-state index contributed by atoms with van der Waals surface area (Å²) in [5, 5.41) is 2.65. The number of thiophene rings is 1. The summed E-state index contributed by atoms with van der Waals surface area (Å²) in [6, 6.07) is 16.0. The number of benzene rings is 2. The third kappa shape index (κ3) is 4.71. The Morgan fingerprint density at radius 1 is 1.00 bits per heavy atom. The van der Waals surface area contributed by atoms with Crippen molar-refractivity contribution in [3.63, 3.8) is 0 Å². The molecule has 1 aliphatic heterocycles. The van der Waals surface area contributed by atoms with Crippen molar-refractivity contribution in [2.24, 2.45) is 0 Å². The molecule has 0 bridgehead atoms. The predicted molar refractivity (Wildman–Crippen MR) is 137 cm³/mol. The minimum absolute atomic E-state index is 0.0685. The molecule has 0 amide bonds. The molecule has 0 spiro atoms. The minimum Gasteiger partial charge on any atom is -0.454 e. The zero-order valence-corrected chi connectivity index (χ0v) is 21.3. The maximum Gasteiger partial charge on any atom is 0.252 e. The molecular formula is C26H26N2O5S2. The summed E-state index contributed by atoms with van der Waals surface area (Å²) in [7, 11) is -3.87. The molecule has 2 aromatic carbocycles. The van der Waals surface area contributed by atoms with Crippen molar-refractivity contribution in [1.29, 1.82) is 0 Å². The Bertz CT molecular complexity index is 1530. The Hall–Kier alpha value is -3.14. The zero-order chi connectivity index (χ0) is 24.8. The van der Waals surface area contributed by atoms with E-state index in [0.717, 1.165) is 15.8 Å². The van der Waals surface area contributed by atoms with Crippen molar-refractivity contribution < 1.29 is 17.9 Å². The van der Waals surface area contributed by atoms with Crippen LogP contribution in [0.2, 0.25) is 0 Å². The number of ether oxygens (including phenoxy) is 2. The van der Waals surface area contributed by atoms with Gasteiger partial charge in [-0.05, 0) is 46.7 Å². The van der Waals surface area contributed by atoms with Gasteiger partial charge in [-0.2, -0.15) is 4.31 Å². The highest BCUT2D eigenvalue weighted by Crippen LogP contribution is 2.35. The van der Waals surface area contributed by atoms with Gasteiger partial charge < -0.3 is 14.5 Å². The lowest BCUT2D eigenvalue weighted by atomic mass is 9.87. The molecule has 9 heteroatoms. The Balaban J connectivity index is 1.53. The van der Waals surface area contributed by atoms with Crippen LogP contribution in [-0.2, 0) is 28.5 Å². The maximum absolute atomic E-state index is 13.7. The van der Waals surface area contributed by atoms with E-state index in [1.54, 1.807) is 30.3 Å². The van der Waals surface area contributed by atoms with Gasteiger partial charge in [-0.1, -0.05) is 39.0 Å². The molecule has 2 aromatic heterocycles. The average Bonchev–Trinajstić information content (AvgIpc) is 3.49. The summed E-state index contributed by atoms with van der Waals surface area (Å²) in [5.41, 5.74) is 1.57. The van der Waals surface area contributed by atoms with Gasteiger partial charge in [-0.15, -0.1) is 11.3 Å². The van der Waals surface area contributed by atoms with Crippen LogP contribution in [-0.4, -0.2) is 24.5 Å². The number of pyridine rings is 1. The van der Waals surface area contributed by atoms with Gasteiger partial charge in [0.1, 0.15) is 0 Å².